The Bertz CT molecular complexity index is 702. The van der Waals surface area contributed by atoms with Crippen LogP contribution in [-0.2, 0) is 4.79 Å². The lowest BCUT2D eigenvalue weighted by atomic mass is 10.1. The molecule has 0 spiro atoms. The monoisotopic (exact) mass is 387 g/mol. The molecule has 2 aromatic rings. The summed E-state index contributed by atoms with van der Waals surface area (Å²) in [5, 5.41) is 6.52. The van der Waals surface area contributed by atoms with Crippen LogP contribution >= 0.6 is 15.9 Å². The van der Waals surface area contributed by atoms with Crippen molar-refractivity contribution in [2.45, 2.75) is 19.4 Å². The number of carbonyl (C=O) groups excluding carboxylic acids is 1. The zero-order chi connectivity index (χ0) is 16.9. The SMILES string of the molecule is CC(NC(=O)CN1CCCNc2ccccc21)c1ccc(Br)cc1. The van der Waals surface area contributed by atoms with Crippen LogP contribution in [0.2, 0.25) is 0 Å². The highest BCUT2D eigenvalue weighted by Gasteiger charge is 2.18. The van der Waals surface area contributed by atoms with Gasteiger partial charge in [-0.3, -0.25) is 4.79 Å². The molecular formula is C19H22BrN3O. The maximum Gasteiger partial charge on any atom is 0.239 e. The minimum Gasteiger partial charge on any atom is -0.383 e. The molecule has 1 amide bonds. The first-order valence-electron chi connectivity index (χ1n) is 8.26. The van der Waals surface area contributed by atoms with E-state index in [2.05, 4.69) is 43.6 Å². The summed E-state index contributed by atoms with van der Waals surface area (Å²) >= 11 is 3.43. The van der Waals surface area contributed by atoms with E-state index in [4.69, 9.17) is 0 Å². The molecule has 0 radical (unpaired) electrons. The van der Waals surface area contributed by atoms with Gasteiger partial charge in [-0.05, 0) is 43.2 Å². The molecule has 24 heavy (non-hydrogen) atoms. The first kappa shape index (κ1) is 16.8. The van der Waals surface area contributed by atoms with Crippen LogP contribution in [0.4, 0.5) is 11.4 Å². The van der Waals surface area contributed by atoms with Crippen molar-refractivity contribution in [2.75, 3.05) is 29.9 Å². The number of anilines is 2. The lowest BCUT2D eigenvalue weighted by Crippen LogP contribution is -2.38. The quantitative estimate of drug-likeness (QED) is 0.834. The van der Waals surface area contributed by atoms with Crippen LogP contribution in [0.25, 0.3) is 0 Å². The normalized spacial score (nSPS) is 15.0. The summed E-state index contributed by atoms with van der Waals surface area (Å²) in [7, 11) is 0. The van der Waals surface area contributed by atoms with E-state index < -0.39 is 0 Å². The Labute approximate surface area is 151 Å². The highest BCUT2D eigenvalue weighted by Crippen LogP contribution is 2.27. The number of hydrogen-bond acceptors (Lipinski definition) is 3. The van der Waals surface area contributed by atoms with E-state index in [0.717, 1.165) is 40.9 Å². The number of amides is 1. The highest BCUT2D eigenvalue weighted by atomic mass is 79.9. The summed E-state index contributed by atoms with van der Waals surface area (Å²) in [4.78, 5) is 14.7. The second kappa shape index (κ2) is 7.71. The molecule has 5 heteroatoms. The summed E-state index contributed by atoms with van der Waals surface area (Å²) in [6.45, 7) is 4.20. The lowest BCUT2D eigenvalue weighted by molar-refractivity contribution is -0.120. The van der Waals surface area contributed by atoms with Gasteiger partial charge in [0, 0.05) is 17.6 Å². The van der Waals surface area contributed by atoms with Crippen molar-refractivity contribution in [3.63, 3.8) is 0 Å². The number of para-hydroxylation sites is 2. The number of benzene rings is 2. The summed E-state index contributed by atoms with van der Waals surface area (Å²) in [6.07, 6.45) is 1.02. The molecule has 2 aromatic carbocycles. The number of rotatable bonds is 4. The fourth-order valence-electron chi connectivity index (χ4n) is 2.97. The smallest absolute Gasteiger partial charge is 0.239 e. The van der Waals surface area contributed by atoms with Crippen LogP contribution in [0.3, 0.4) is 0 Å². The first-order valence-corrected chi connectivity index (χ1v) is 9.05. The van der Waals surface area contributed by atoms with Gasteiger partial charge in [0.2, 0.25) is 5.91 Å². The van der Waals surface area contributed by atoms with Gasteiger partial charge >= 0.3 is 0 Å². The molecule has 4 nitrogen and oxygen atoms in total. The number of nitrogens with zero attached hydrogens (tertiary/aromatic N) is 1. The molecule has 1 unspecified atom stereocenters. The molecule has 0 saturated heterocycles. The van der Waals surface area contributed by atoms with Crippen molar-refractivity contribution in [1.29, 1.82) is 0 Å². The van der Waals surface area contributed by atoms with Crippen LogP contribution in [-0.4, -0.2) is 25.5 Å². The summed E-state index contributed by atoms with van der Waals surface area (Å²) in [6, 6.07) is 16.2. The molecule has 0 saturated carbocycles. The van der Waals surface area contributed by atoms with Crippen LogP contribution in [0.15, 0.2) is 53.0 Å². The molecule has 0 fully saturated rings. The number of fused-ring (bicyclic) bond motifs is 1. The molecule has 2 N–H and O–H groups in total. The zero-order valence-corrected chi connectivity index (χ0v) is 15.3. The average Bonchev–Trinajstić information content (AvgIpc) is 2.78. The van der Waals surface area contributed by atoms with Gasteiger partial charge in [0.15, 0.2) is 0 Å². The van der Waals surface area contributed by atoms with Gasteiger partial charge in [-0.2, -0.15) is 0 Å². The van der Waals surface area contributed by atoms with Crippen LogP contribution in [0, 0.1) is 0 Å². The third kappa shape index (κ3) is 4.09. The molecular weight excluding hydrogens is 366 g/mol. The second-order valence-corrected chi connectivity index (χ2v) is 6.98. The molecule has 0 bridgehead atoms. The minimum atomic E-state index is -0.00838. The summed E-state index contributed by atoms with van der Waals surface area (Å²) in [5.74, 6) is 0.0436. The molecule has 1 heterocycles. The number of nitrogens with one attached hydrogen (secondary N) is 2. The number of carbonyl (C=O) groups is 1. The molecule has 3 rings (SSSR count). The molecule has 1 aliphatic heterocycles. The van der Waals surface area contributed by atoms with E-state index in [1.54, 1.807) is 0 Å². The topological polar surface area (TPSA) is 44.4 Å². The summed E-state index contributed by atoms with van der Waals surface area (Å²) in [5.41, 5.74) is 3.30. The number of hydrogen-bond donors (Lipinski definition) is 2. The van der Waals surface area contributed by atoms with Crippen molar-refractivity contribution >= 4 is 33.2 Å². The first-order chi connectivity index (χ1) is 11.6. The Morgan fingerprint density at radius 1 is 1.25 bits per heavy atom. The predicted octanol–water partition coefficient (Wildman–Crippen LogP) is 3.95. The van der Waals surface area contributed by atoms with Crippen LogP contribution in [0.5, 0.6) is 0 Å². The molecule has 126 valence electrons. The largest absolute Gasteiger partial charge is 0.383 e. The van der Waals surface area contributed by atoms with E-state index in [1.165, 1.54) is 0 Å². The third-order valence-electron chi connectivity index (χ3n) is 4.25. The molecule has 0 aliphatic carbocycles. The van der Waals surface area contributed by atoms with Gasteiger partial charge in [0.05, 0.1) is 24.0 Å². The Balaban J connectivity index is 1.65. The zero-order valence-electron chi connectivity index (χ0n) is 13.8. The highest BCUT2D eigenvalue weighted by molar-refractivity contribution is 9.10. The van der Waals surface area contributed by atoms with E-state index in [0.29, 0.717) is 6.54 Å². The lowest BCUT2D eigenvalue weighted by Gasteiger charge is -2.25. The maximum atomic E-state index is 12.5. The second-order valence-electron chi connectivity index (χ2n) is 6.06. The average molecular weight is 388 g/mol. The summed E-state index contributed by atoms with van der Waals surface area (Å²) < 4.78 is 1.04. The minimum absolute atomic E-state index is 0.00838. The Kier molecular flexibility index (Phi) is 5.41. The van der Waals surface area contributed by atoms with E-state index in [-0.39, 0.29) is 11.9 Å². The van der Waals surface area contributed by atoms with Gasteiger partial charge in [0.1, 0.15) is 0 Å². The Morgan fingerprint density at radius 3 is 2.79 bits per heavy atom. The van der Waals surface area contributed by atoms with E-state index in [9.17, 15) is 4.79 Å². The van der Waals surface area contributed by atoms with Gasteiger partial charge < -0.3 is 15.5 Å². The predicted molar refractivity (Wildman–Crippen MR) is 102 cm³/mol. The molecule has 1 aliphatic rings. The van der Waals surface area contributed by atoms with E-state index >= 15 is 0 Å². The van der Waals surface area contributed by atoms with Crippen molar-refractivity contribution in [2.24, 2.45) is 0 Å². The molecule has 0 aromatic heterocycles. The standard InChI is InChI=1S/C19H22BrN3O/c1-14(15-7-9-16(20)10-8-15)22-19(24)13-23-12-4-11-21-17-5-2-3-6-18(17)23/h2-3,5-10,14,21H,4,11-13H2,1H3,(H,22,24). The van der Waals surface area contributed by atoms with Crippen molar-refractivity contribution < 1.29 is 4.79 Å². The van der Waals surface area contributed by atoms with Crippen molar-refractivity contribution in [3.8, 4) is 0 Å². The maximum absolute atomic E-state index is 12.5. The van der Waals surface area contributed by atoms with E-state index in [1.807, 2.05) is 43.3 Å². The fourth-order valence-corrected chi connectivity index (χ4v) is 3.24. The van der Waals surface area contributed by atoms with Crippen molar-refractivity contribution in [3.05, 3.63) is 58.6 Å². The van der Waals surface area contributed by atoms with Crippen LogP contribution < -0.4 is 15.5 Å². The van der Waals surface area contributed by atoms with Gasteiger partial charge in [-0.1, -0.05) is 40.2 Å². The van der Waals surface area contributed by atoms with Crippen LogP contribution in [0.1, 0.15) is 24.9 Å². The number of halogens is 1. The third-order valence-corrected chi connectivity index (χ3v) is 4.78. The van der Waals surface area contributed by atoms with Gasteiger partial charge in [-0.25, -0.2) is 0 Å². The molecule has 1 atom stereocenters. The van der Waals surface area contributed by atoms with Crippen molar-refractivity contribution in [1.82, 2.24) is 5.32 Å². The Hall–Kier alpha value is -2.01. The van der Waals surface area contributed by atoms with Gasteiger partial charge in [-0.15, -0.1) is 0 Å². The van der Waals surface area contributed by atoms with Gasteiger partial charge in [0.25, 0.3) is 0 Å². The fraction of sp³-hybridized carbons (Fsp3) is 0.316. The Morgan fingerprint density at radius 2 is 2.00 bits per heavy atom.